The number of nitrogens with zero attached hydrogens (tertiary/aromatic N) is 2. The maximum Gasteiger partial charge on any atom is 0.254 e. The van der Waals surface area contributed by atoms with Gasteiger partial charge in [0.25, 0.3) is 5.91 Å². The number of rotatable bonds is 4. The summed E-state index contributed by atoms with van der Waals surface area (Å²) < 4.78 is 28.9. The number of carbonyl (C=O) groups excluding carboxylic acids is 1. The third-order valence-electron chi connectivity index (χ3n) is 5.05. The van der Waals surface area contributed by atoms with Gasteiger partial charge in [0.2, 0.25) is 0 Å². The quantitative estimate of drug-likeness (QED) is 0.807. The van der Waals surface area contributed by atoms with Gasteiger partial charge in [0.1, 0.15) is 0 Å². The first kappa shape index (κ1) is 18.2. The van der Waals surface area contributed by atoms with Crippen LogP contribution < -0.4 is 4.90 Å². The van der Waals surface area contributed by atoms with Crippen molar-refractivity contribution in [2.24, 2.45) is 0 Å². The lowest BCUT2D eigenvalue weighted by Crippen LogP contribution is -2.41. The second kappa shape index (κ2) is 7.33. The van der Waals surface area contributed by atoms with E-state index in [1.807, 2.05) is 32.0 Å². The number of benzene rings is 1. The summed E-state index contributed by atoms with van der Waals surface area (Å²) in [6.45, 7) is 7.59. The molecule has 0 unspecified atom stereocenters. The van der Waals surface area contributed by atoms with Crippen LogP contribution in [0.1, 0.15) is 29.3 Å². The van der Waals surface area contributed by atoms with Crippen molar-refractivity contribution < 1.29 is 17.9 Å². The monoisotopic (exact) mass is 366 g/mol. The maximum atomic E-state index is 12.9. The molecule has 2 aliphatic heterocycles. The lowest BCUT2D eigenvalue weighted by atomic mass is 10.1. The molecular weight excluding hydrogens is 340 g/mol. The molecule has 7 heteroatoms. The van der Waals surface area contributed by atoms with Crippen molar-refractivity contribution in [3.63, 3.8) is 0 Å². The van der Waals surface area contributed by atoms with Crippen LogP contribution in [-0.2, 0) is 14.6 Å². The zero-order valence-electron chi connectivity index (χ0n) is 14.9. The highest BCUT2D eigenvalue weighted by atomic mass is 32.2. The fraction of sp³-hybridized carbons (Fsp3) is 0.611. The number of anilines is 1. The molecule has 3 rings (SSSR count). The maximum absolute atomic E-state index is 12.9. The van der Waals surface area contributed by atoms with Crippen molar-refractivity contribution in [1.82, 2.24) is 4.90 Å². The Bertz CT molecular complexity index is 741. The van der Waals surface area contributed by atoms with E-state index in [2.05, 4.69) is 4.90 Å². The van der Waals surface area contributed by atoms with E-state index in [-0.39, 0.29) is 23.5 Å². The van der Waals surface area contributed by atoms with E-state index in [9.17, 15) is 13.2 Å². The predicted octanol–water partition coefficient (Wildman–Crippen LogP) is 1.48. The lowest BCUT2D eigenvalue weighted by Gasteiger charge is -2.31. The lowest BCUT2D eigenvalue weighted by molar-refractivity contribution is 0.0708. The van der Waals surface area contributed by atoms with Gasteiger partial charge in [-0.15, -0.1) is 0 Å². The first-order valence-corrected chi connectivity index (χ1v) is 10.7. The summed E-state index contributed by atoms with van der Waals surface area (Å²) in [5.41, 5.74) is 2.81. The summed E-state index contributed by atoms with van der Waals surface area (Å²) in [5, 5.41) is 0. The fourth-order valence-electron chi connectivity index (χ4n) is 3.70. The highest BCUT2D eigenvalue weighted by Gasteiger charge is 2.34. The predicted molar refractivity (Wildman–Crippen MR) is 98.0 cm³/mol. The average molecular weight is 366 g/mol. The Labute approximate surface area is 149 Å². The van der Waals surface area contributed by atoms with Crippen LogP contribution in [0.2, 0.25) is 0 Å². The van der Waals surface area contributed by atoms with Crippen molar-refractivity contribution >= 4 is 21.4 Å². The third-order valence-corrected chi connectivity index (χ3v) is 6.80. The molecule has 0 radical (unpaired) electrons. The van der Waals surface area contributed by atoms with Crippen molar-refractivity contribution in [2.75, 3.05) is 49.3 Å². The molecule has 0 spiro atoms. The van der Waals surface area contributed by atoms with E-state index in [0.717, 1.165) is 37.6 Å². The van der Waals surface area contributed by atoms with Gasteiger partial charge in [-0.05, 0) is 44.0 Å². The number of carbonyl (C=O) groups is 1. The standard InChI is InChI=1S/C18H26N2O4S/c1-3-20(16-6-11-25(22,23)13-16)18(21)15-4-5-17(14(2)12-15)19-7-9-24-10-8-19/h4-5,12,16H,3,6-11,13H2,1-2H3/t16-/m1/s1. The molecule has 138 valence electrons. The number of hydrogen-bond acceptors (Lipinski definition) is 5. The topological polar surface area (TPSA) is 66.9 Å². The molecular formula is C18H26N2O4S. The summed E-state index contributed by atoms with van der Waals surface area (Å²) in [6, 6.07) is 5.56. The van der Waals surface area contributed by atoms with Crippen LogP contribution in [0.3, 0.4) is 0 Å². The highest BCUT2D eigenvalue weighted by molar-refractivity contribution is 7.91. The molecule has 0 saturated carbocycles. The van der Waals surface area contributed by atoms with E-state index in [1.54, 1.807) is 4.90 Å². The van der Waals surface area contributed by atoms with Crippen molar-refractivity contribution in [3.8, 4) is 0 Å². The van der Waals surface area contributed by atoms with Crippen LogP contribution in [0.5, 0.6) is 0 Å². The second-order valence-electron chi connectivity index (χ2n) is 6.75. The van der Waals surface area contributed by atoms with Gasteiger partial charge in [-0.2, -0.15) is 0 Å². The molecule has 0 aromatic heterocycles. The molecule has 1 aromatic carbocycles. The summed E-state index contributed by atoms with van der Waals surface area (Å²) in [6.07, 6.45) is 0.534. The number of ether oxygens (including phenoxy) is 1. The number of sulfone groups is 1. The Kier molecular flexibility index (Phi) is 5.34. The molecule has 2 saturated heterocycles. The molecule has 2 heterocycles. The zero-order chi connectivity index (χ0) is 18.0. The van der Waals surface area contributed by atoms with Gasteiger partial charge in [0.15, 0.2) is 9.84 Å². The van der Waals surface area contributed by atoms with E-state index in [1.165, 1.54) is 0 Å². The molecule has 2 fully saturated rings. The second-order valence-corrected chi connectivity index (χ2v) is 8.98. The van der Waals surface area contributed by atoms with Gasteiger partial charge < -0.3 is 14.5 Å². The van der Waals surface area contributed by atoms with Crippen LogP contribution in [0.4, 0.5) is 5.69 Å². The van der Waals surface area contributed by atoms with Gasteiger partial charge >= 0.3 is 0 Å². The van der Waals surface area contributed by atoms with Crippen LogP contribution in [0, 0.1) is 6.92 Å². The van der Waals surface area contributed by atoms with Gasteiger partial charge in [-0.1, -0.05) is 0 Å². The summed E-state index contributed by atoms with van der Waals surface area (Å²) in [5.74, 6) is 0.176. The molecule has 1 atom stereocenters. The first-order chi connectivity index (χ1) is 11.9. The molecule has 0 N–H and O–H groups in total. The summed E-state index contributed by atoms with van der Waals surface area (Å²) in [4.78, 5) is 16.9. The van der Waals surface area contributed by atoms with E-state index < -0.39 is 9.84 Å². The van der Waals surface area contributed by atoms with Crippen LogP contribution >= 0.6 is 0 Å². The Morgan fingerprint density at radius 2 is 2.04 bits per heavy atom. The molecule has 6 nitrogen and oxygen atoms in total. The van der Waals surface area contributed by atoms with Crippen molar-refractivity contribution in [1.29, 1.82) is 0 Å². The Balaban J connectivity index is 1.78. The van der Waals surface area contributed by atoms with Gasteiger partial charge in [-0.3, -0.25) is 4.79 Å². The van der Waals surface area contributed by atoms with Crippen LogP contribution in [-0.4, -0.2) is 69.6 Å². The largest absolute Gasteiger partial charge is 0.378 e. The summed E-state index contributed by atoms with van der Waals surface area (Å²) >= 11 is 0. The highest BCUT2D eigenvalue weighted by Crippen LogP contribution is 2.25. The van der Waals surface area contributed by atoms with Gasteiger partial charge in [0, 0.05) is 36.9 Å². The molecule has 0 bridgehead atoms. The minimum atomic E-state index is -3.01. The smallest absolute Gasteiger partial charge is 0.254 e. The normalized spacial score (nSPS) is 22.8. The Hall–Kier alpha value is -1.60. The minimum Gasteiger partial charge on any atom is -0.378 e. The Morgan fingerprint density at radius 1 is 1.32 bits per heavy atom. The van der Waals surface area contributed by atoms with Crippen molar-refractivity contribution in [2.45, 2.75) is 26.3 Å². The first-order valence-electron chi connectivity index (χ1n) is 8.86. The molecule has 0 aliphatic carbocycles. The molecule has 1 aromatic rings. The Morgan fingerprint density at radius 3 is 2.60 bits per heavy atom. The molecule has 1 amide bonds. The number of aryl methyl sites for hydroxylation is 1. The van der Waals surface area contributed by atoms with E-state index in [4.69, 9.17) is 4.74 Å². The van der Waals surface area contributed by atoms with Crippen molar-refractivity contribution in [3.05, 3.63) is 29.3 Å². The average Bonchev–Trinajstić information content (AvgIpc) is 2.95. The van der Waals surface area contributed by atoms with Crippen LogP contribution in [0.25, 0.3) is 0 Å². The summed E-state index contributed by atoms with van der Waals surface area (Å²) in [7, 11) is -3.01. The zero-order valence-corrected chi connectivity index (χ0v) is 15.7. The van der Waals surface area contributed by atoms with Crippen LogP contribution in [0.15, 0.2) is 18.2 Å². The minimum absolute atomic E-state index is 0.0808. The number of morpholine rings is 1. The van der Waals surface area contributed by atoms with Gasteiger partial charge in [0.05, 0.1) is 24.7 Å². The fourth-order valence-corrected chi connectivity index (χ4v) is 5.43. The number of hydrogen-bond donors (Lipinski definition) is 0. The molecule has 25 heavy (non-hydrogen) atoms. The SMILES string of the molecule is CCN(C(=O)c1ccc(N2CCOCC2)c(C)c1)[C@@H]1CCS(=O)(=O)C1. The van der Waals surface area contributed by atoms with E-state index >= 15 is 0 Å². The molecule has 2 aliphatic rings. The van der Waals surface area contributed by atoms with E-state index in [0.29, 0.717) is 18.5 Å². The third kappa shape index (κ3) is 3.98. The number of amides is 1. The van der Waals surface area contributed by atoms with Gasteiger partial charge in [-0.25, -0.2) is 8.42 Å².